The molecule has 0 amide bonds. The van der Waals surface area contributed by atoms with Gasteiger partial charge in [0.05, 0.1) is 65.7 Å². The molecule has 1 unspecified atom stereocenters. The van der Waals surface area contributed by atoms with E-state index >= 15 is 0 Å². The van der Waals surface area contributed by atoms with Gasteiger partial charge in [-0.15, -0.1) is 0 Å². The Morgan fingerprint density at radius 2 is 0.654 bits per heavy atom. The van der Waals surface area contributed by atoms with E-state index in [2.05, 4.69) is 240 Å². The third-order valence-corrected chi connectivity index (χ3v) is 26.2. The van der Waals surface area contributed by atoms with E-state index in [4.69, 9.17) is 19.2 Å². The number of aromatic nitrogens is 9. The molecule has 19 aromatic rings. The summed E-state index contributed by atoms with van der Waals surface area (Å²) in [5.41, 5.74) is 35.6. The van der Waals surface area contributed by atoms with E-state index in [-0.39, 0.29) is 5.56 Å². The van der Waals surface area contributed by atoms with Crippen LogP contribution in [-0.2, 0) is 42.3 Å². The fourth-order valence-electron chi connectivity index (χ4n) is 18.0. The molecule has 0 spiro atoms. The molecule has 1 atom stereocenters. The second-order valence-corrected chi connectivity index (χ2v) is 36.6. The molecule has 19 rings (SSSR count). The molecule has 0 saturated carbocycles. The smallest absolute Gasteiger partial charge is 0.222 e. The van der Waals surface area contributed by atoms with Gasteiger partial charge in [-0.3, -0.25) is 15.0 Å². The Hall–Kier alpha value is -13.9. The van der Waals surface area contributed by atoms with Gasteiger partial charge in [0.15, 0.2) is 35.6 Å². The van der Waals surface area contributed by atoms with E-state index in [9.17, 15) is 0 Å². The molecule has 0 bridgehead atoms. The maximum atomic E-state index is 8.53. The van der Waals surface area contributed by atoms with E-state index in [0.29, 0.717) is 40.8 Å². The van der Waals surface area contributed by atoms with Gasteiger partial charge < -0.3 is 0 Å². The van der Waals surface area contributed by atoms with Crippen molar-refractivity contribution in [3.05, 3.63) is 397 Å². The lowest BCUT2D eigenvalue weighted by Gasteiger charge is -2.14. The maximum absolute atomic E-state index is 8.53. The van der Waals surface area contributed by atoms with E-state index in [1.54, 1.807) is 36.6 Å². The highest BCUT2D eigenvalue weighted by Gasteiger charge is 2.28. The Bertz CT molecular complexity index is 8240. The lowest BCUT2D eigenvalue weighted by molar-refractivity contribution is -0.665. The predicted octanol–water partition coefficient (Wildman–Crippen LogP) is 27.9. The monoisotopic (exact) mass is 1760 g/mol. The van der Waals surface area contributed by atoms with Crippen LogP contribution in [0.2, 0.25) is 0 Å². The predicted molar refractivity (Wildman–Crippen MR) is 560 cm³/mol. The average molecular weight is 1770 g/mol. The van der Waals surface area contributed by atoms with Crippen LogP contribution in [0.3, 0.4) is 0 Å². The molecule has 0 aliphatic rings. The first kappa shape index (κ1) is 77.8. The number of nitrogens with zero attached hydrogens (tertiary/aromatic N) is 9. The van der Waals surface area contributed by atoms with Crippen LogP contribution in [0.15, 0.2) is 280 Å². The van der Waals surface area contributed by atoms with Crippen LogP contribution in [0, 0.1) is 131 Å². The molecule has 9 aromatic heterocycles. The Balaban J connectivity index is 0.000000140. The summed E-state index contributed by atoms with van der Waals surface area (Å²) in [6.45, 7) is 33.0. The van der Waals surface area contributed by atoms with Gasteiger partial charge >= 0.3 is 0 Å². The average Bonchev–Trinajstić information content (AvgIpc) is 0.755. The fourth-order valence-corrected chi connectivity index (χ4v) is 18.0. The topological polar surface area (TPSA) is 62.0 Å². The summed E-state index contributed by atoms with van der Waals surface area (Å²) in [5, 5.41) is 13.6. The van der Waals surface area contributed by atoms with Crippen molar-refractivity contribution in [1.82, 2.24) is 15.0 Å². The molecule has 133 heavy (non-hydrogen) atoms. The number of hydrogen-bond donors (Lipinski definition) is 0. The van der Waals surface area contributed by atoms with E-state index in [0.717, 1.165) is 111 Å². The fraction of sp³-hybridized carbons (Fsp3) is 0.250. The van der Waals surface area contributed by atoms with Crippen molar-refractivity contribution in [2.24, 2.45) is 42.3 Å². The van der Waals surface area contributed by atoms with Crippen LogP contribution in [0.25, 0.3) is 143 Å². The number of fused-ring (bicyclic) bond motifs is 6. The highest BCUT2D eigenvalue weighted by Crippen LogP contribution is 2.40. The molecule has 9 heteroatoms. The van der Waals surface area contributed by atoms with Crippen molar-refractivity contribution in [2.45, 2.75) is 171 Å². The van der Waals surface area contributed by atoms with Gasteiger partial charge in [0.2, 0.25) is 34.2 Å². The van der Waals surface area contributed by atoms with Gasteiger partial charge in [-0.2, -0.15) is 13.7 Å². The number of rotatable bonds is 9. The van der Waals surface area contributed by atoms with Crippen LogP contribution in [0.5, 0.6) is 0 Å². The van der Waals surface area contributed by atoms with Crippen LogP contribution in [0.1, 0.15) is 176 Å². The zero-order valence-corrected chi connectivity index (χ0v) is 82.4. The molecule has 670 valence electrons. The van der Waals surface area contributed by atoms with Crippen molar-refractivity contribution in [1.29, 1.82) is 0 Å². The normalized spacial score (nSPS) is 13.5. The number of hydrogen-bond acceptors (Lipinski definition) is 3. The number of pyridine rings is 9. The second-order valence-electron chi connectivity index (χ2n) is 36.6. The Kier molecular flexibility index (Phi) is 23.7. The summed E-state index contributed by atoms with van der Waals surface area (Å²) in [6.07, 6.45) is 12.5. The Labute approximate surface area is 810 Å². The zero-order chi connectivity index (χ0) is 107. The van der Waals surface area contributed by atoms with Gasteiger partial charge in [-0.05, 0) is 300 Å². The van der Waals surface area contributed by atoms with Crippen molar-refractivity contribution in [3.8, 4) is 78.7 Å². The molecule has 9 heterocycles. The first-order valence-electron chi connectivity index (χ1n) is 52.6. The second kappa shape index (κ2) is 40.5. The lowest BCUT2D eigenvalue weighted by atomic mass is 9.90. The molecule has 10 aromatic carbocycles. The van der Waals surface area contributed by atoms with Crippen molar-refractivity contribution in [2.75, 3.05) is 0 Å². The first-order chi connectivity index (χ1) is 68.9. The standard InChI is InChI=1S/C24H23N2.2C22H26N.C20H22N.2C18H19N2/c1-16-7-10-22-21(12-16)13-18(3)26(4)24(22)23-14-19(9-8-17(23)2)20-6-5-11-25-15-20;2*1-14(2)19-12-16(4)17(5)20(13-19)22-21-11-15(3)7-8-18(21)9-10-23(22)6;1-13-6-7-17-8-9-21(5)20(19(17)11-13)18-12-14(2)10-15(3)16(18)4;1-12-5-6-17-15(9-12)10-14(3)20(4)18(17)16-7-8-19-11-13(16)2;1-12-5-6-16-15(9-12)10-14(3)20(4)18(16)17-11-19-8-7-13(17)2/h5-15H,1-4H3;2*7-14H,1-6H3;6-12H,1-5H3;2*5-11H,1-4H3/q6*+1/i;4D3,10D,14D;1D3,10D,14D;3D3,9D;;. The molecule has 0 saturated heterocycles. The summed E-state index contributed by atoms with van der Waals surface area (Å²) >= 11 is 0. The maximum Gasteiger partial charge on any atom is 0.222 e. The molecule has 0 N–H and O–H groups in total. The molecule has 0 aliphatic carbocycles. The third-order valence-electron chi connectivity index (χ3n) is 26.2. The van der Waals surface area contributed by atoms with Crippen LogP contribution in [0.4, 0.5) is 0 Å². The van der Waals surface area contributed by atoms with Gasteiger partial charge in [-0.1, -0.05) is 176 Å². The molecule has 0 fully saturated rings. The lowest BCUT2D eigenvalue weighted by Crippen LogP contribution is -2.35. The van der Waals surface area contributed by atoms with Gasteiger partial charge in [0.1, 0.15) is 46.4 Å². The van der Waals surface area contributed by atoms with E-state index in [1.807, 2.05) is 202 Å². The van der Waals surface area contributed by atoms with E-state index < -0.39 is 32.3 Å². The third kappa shape index (κ3) is 20.6. The molecular weight excluding hydrogens is 1620 g/mol. The molecule has 0 aliphatic heterocycles. The van der Waals surface area contributed by atoms with Crippen LogP contribution < -0.4 is 27.4 Å². The molecular formula is C124H135N9+6. The Morgan fingerprint density at radius 1 is 0.263 bits per heavy atom. The SMILES string of the molecule is Cc1ccc2c(-c3cc(-c4cccnc4)ccc3C)[n+](C)c(C)cc2c1.Cc1ccc2c(-c3ccncc3C)[n+](C)c(C)cc2c1.Cc1ccc2c(-c3cnccc3C)[n+](C)c(C)cc2c1.[2H]c1cc2ccc(C)cc2c(-c2cc(C([2H])(C)C([2H])([2H])[2H])cc(C)c2C)[n+]1C.[2H]c1cc2ccc(C)cc2c(-c2cc(C([2H])(C)C)cc(C([2H])([2H])[2H])c2C)[n+]1C.[2H]c1cc2ccc(C)cc2c(-c2cc(C)cc(C([2H])([2H])[2H])c2C)[n+]1C. The zero-order valence-electron chi connectivity index (χ0n) is 96.4. The first-order valence-corrected chi connectivity index (χ1v) is 45.6. The van der Waals surface area contributed by atoms with Crippen LogP contribution in [-0.4, -0.2) is 15.0 Å². The molecule has 0 radical (unpaired) electrons. The minimum atomic E-state index is -2.44. The van der Waals surface area contributed by atoms with Crippen molar-refractivity contribution in [3.63, 3.8) is 0 Å². The van der Waals surface area contributed by atoms with Crippen molar-refractivity contribution < 1.29 is 46.6 Å². The molecule has 9 nitrogen and oxygen atoms in total. The summed E-state index contributed by atoms with van der Waals surface area (Å²) < 4.78 is 125. The summed E-state index contributed by atoms with van der Waals surface area (Å²) in [7, 11) is 11.9. The number of aryl methyl sites for hydroxylation is 16. The highest BCUT2D eigenvalue weighted by molar-refractivity contribution is 6.00. The van der Waals surface area contributed by atoms with Gasteiger partial charge in [-0.25, -0.2) is 13.7 Å². The van der Waals surface area contributed by atoms with Crippen LogP contribution >= 0.6 is 0 Å². The Morgan fingerprint density at radius 3 is 1.09 bits per heavy atom. The van der Waals surface area contributed by atoms with E-state index in [1.165, 1.54) is 129 Å². The highest BCUT2D eigenvalue weighted by atomic mass is 15.0. The van der Waals surface area contributed by atoms with Crippen molar-refractivity contribution >= 4 is 64.6 Å². The van der Waals surface area contributed by atoms with Gasteiger partial charge in [0.25, 0.3) is 0 Å². The minimum Gasteiger partial charge on any atom is -0.264 e. The van der Waals surface area contributed by atoms with Gasteiger partial charge in [0, 0.05) is 115 Å². The summed E-state index contributed by atoms with van der Waals surface area (Å²) in [5.74, 6) is -2.66. The number of benzene rings is 10. The summed E-state index contributed by atoms with van der Waals surface area (Å²) in [6, 6.07) is 76.5. The summed E-state index contributed by atoms with van der Waals surface area (Å²) in [4.78, 5) is 12.8. The minimum absolute atomic E-state index is 0.261. The quantitative estimate of drug-likeness (QED) is 0.135. The largest absolute Gasteiger partial charge is 0.264 e.